The maximum absolute atomic E-state index is 11.9. The average molecular weight is 286 g/mol. The highest BCUT2D eigenvalue weighted by molar-refractivity contribution is 6.30. The molecule has 0 radical (unpaired) electrons. The van der Waals surface area contributed by atoms with Crippen molar-refractivity contribution in [2.24, 2.45) is 0 Å². The maximum atomic E-state index is 11.9. The van der Waals surface area contributed by atoms with Crippen molar-refractivity contribution in [2.45, 2.75) is 18.9 Å². The minimum atomic E-state index is 0.158. The Morgan fingerprint density at radius 3 is 2.65 bits per heavy atom. The number of halogens is 1. The van der Waals surface area contributed by atoms with Gasteiger partial charge in [-0.2, -0.15) is 0 Å². The van der Waals surface area contributed by atoms with Crippen molar-refractivity contribution in [3.8, 4) is 0 Å². The second-order valence-corrected chi connectivity index (χ2v) is 5.53. The van der Waals surface area contributed by atoms with E-state index in [0.29, 0.717) is 6.42 Å². The quantitative estimate of drug-likeness (QED) is 0.926. The van der Waals surface area contributed by atoms with Gasteiger partial charge in [0, 0.05) is 23.0 Å². The number of ketones is 1. The van der Waals surface area contributed by atoms with Gasteiger partial charge in [-0.3, -0.25) is 4.79 Å². The zero-order chi connectivity index (χ0) is 13.9. The third-order valence-corrected chi connectivity index (χ3v) is 4.00. The predicted octanol–water partition coefficient (Wildman–Crippen LogP) is 3.80. The lowest BCUT2D eigenvalue weighted by molar-refractivity contribution is 0.0986. The first kappa shape index (κ1) is 13.3. The van der Waals surface area contributed by atoms with Crippen LogP contribution >= 0.6 is 11.6 Å². The lowest BCUT2D eigenvalue weighted by atomic mass is 10.1. The van der Waals surface area contributed by atoms with E-state index in [2.05, 4.69) is 5.32 Å². The molecule has 1 aliphatic carbocycles. The van der Waals surface area contributed by atoms with Gasteiger partial charge >= 0.3 is 0 Å². The maximum Gasteiger partial charge on any atom is 0.165 e. The number of rotatable bonds is 4. The minimum absolute atomic E-state index is 0.158. The zero-order valence-corrected chi connectivity index (χ0v) is 11.9. The van der Waals surface area contributed by atoms with E-state index in [1.807, 2.05) is 48.5 Å². The van der Waals surface area contributed by atoms with E-state index in [1.54, 1.807) is 0 Å². The molecule has 1 unspecified atom stereocenters. The lowest BCUT2D eigenvalue weighted by Crippen LogP contribution is -2.22. The third kappa shape index (κ3) is 2.77. The molecule has 2 aromatic carbocycles. The van der Waals surface area contributed by atoms with Crippen LogP contribution in [0.5, 0.6) is 0 Å². The van der Waals surface area contributed by atoms with Gasteiger partial charge in [0.15, 0.2) is 5.78 Å². The van der Waals surface area contributed by atoms with Gasteiger partial charge in [-0.05, 0) is 36.2 Å². The van der Waals surface area contributed by atoms with E-state index < -0.39 is 0 Å². The smallest absolute Gasteiger partial charge is 0.165 e. The van der Waals surface area contributed by atoms with Crippen LogP contribution in [0.25, 0.3) is 0 Å². The molecule has 20 heavy (non-hydrogen) atoms. The summed E-state index contributed by atoms with van der Waals surface area (Å²) in [6.07, 6.45) is 1.50. The van der Waals surface area contributed by atoms with Crippen LogP contribution in [0.4, 0.5) is 0 Å². The topological polar surface area (TPSA) is 29.1 Å². The SMILES string of the molecule is O=C1CC(NCCc2ccc(Cl)cc2)c2ccccc21. The molecule has 102 valence electrons. The molecule has 1 aliphatic rings. The fourth-order valence-corrected chi connectivity index (χ4v) is 2.81. The van der Waals surface area contributed by atoms with Gasteiger partial charge in [0.25, 0.3) is 0 Å². The molecule has 0 aliphatic heterocycles. The number of hydrogen-bond donors (Lipinski definition) is 1. The number of nitrogens with one attached hydrogen (secondary N) is 1. The minimum Gasteiger partial charge on any atom is -0.309 e. The number of carbonyl (C=O) groups is 1. The van der Waals surface area contributed by atoms with E-state index >= 15 is 0 Å². The number of hydrogen-bond acceptors (Lipinski definition) is 2. The highest BCUT2D eigenvalue weighted by Crippen LogP contribution is 2.30. The first-order chi connectivity index (χ1) is 9.74. The van der Waals surface area contributed by atoms with Crippen molar-refractivity contribution in [2.75, 3.05) is 6.54 Å². The van der Waals surface area contributed by atoms with Crippen LogP contribution < -0.4 is 5.32 Å². The van der Waals surface area contributed by atoms with Gasteiger partial charge in [-0.25, -0.2) is 0 Å². The normalized spacial score (nSPS) is 17.2. The van der Waals surface area contributed by atoms with Crippen molar-refractivity contribution in [1.82, 2.24) is 5.32 Å². The van der Waals surface area contributed by atoms with Crippen molar-refractivity contribution in [3.05, 3.63) is 70.2 Å². The van der Waals surface area contributed by atoms with Crippen LogP contribution in [0.1, 0.15) is 33.9 Å². The molecule has 2 nitrogen and oxygen atoms in total. The van der Waals surface area contributed by atoms with Crippen LogP contribution in [0.15, 0.2) is 48.5 Å². The molecule has 1 N–H and O–H groups in total. The largest absolute Gasteiger partial charge is 0.309 e. The number of carbonyl (C=O) groups excluding carboxylic acids is 1. The van der Waals surface area contributed by atoms with Crippen molar-refractivity contribution < 1.29 is 4.79 Å². The Kier molecular flexibility index (Phi) is 3.86. The summed E-state index contributed by atoms with van der Waals surface area (Å²) in [7, 11) is 0. The number of Topliss-reactive ketones (excluding diaryl/α,β-unsaturated/α-hetero) is 1. The molecule has 0 amide bonds. The van der Waals surface area contributed by atoms with Crippen LogP contribution in [-0.2, 0) is 6.42 Å². The lowest BCUT2D eigenvalue weighted by Gasteiger charge is -2.13. The Hall–Kier alpha value is -1.64. The summed E-state index contributed by atoms with van der Waals surface area (Å²) in [5.41, 5.74) is 3.25. The van der Waals surface area contributed by atoms with Gasteiger partial charge in [0.2, 0.25) is 0 Å². The van der Waals surface area contributed by atoms with E-state index in [9.17, 15) is 4.79 Å². The predicted molar refractivity (Wildman–Crippen MR) is 81.3 cm³/mol. The monoisotopic (exact) mass is 285 g/mol. The Morgan fingerprint density at radius 1 is 1.10 bits per heavy atom. The Labute approximate surface area is 123 Å². The summed E-state index contributed by atoms with van der Waals surface area (Å²) in [5, 5.41) is 4.24. The average Bonchev–Trinajstić information content (AvgIpc) is 2.79. The molecule has 0 bridgehead atoms. The highest BCUT2D eigenvalue weighted by atomic mass is 35.5. The number of benzene rings is 2. The summed E-state index contributed by atoms with van der Waals surface area (Å²) in [6, 6.07) is 15.9. The number of fused-ring (bicyclic) bond motifs is 1. The van der Waals surface area contributed by atoms with Gasteiger partial charge < -0.3 is 5.32 Å². The van der Waals surface area contributed by atoms with Gasteiger partial charge in [-0.1, -0.05) is 48.0 Å². The summed E-state index contributed by atoms with van der Waals surface area (Å²) in [5.74, 6) is 0.240. The first-order valence-electron chi connectivity index (χ1n) is 6.84. The van der Waals surface area contributed by atoms with Crippen molar-refractivity contribution >= 4 is 17.4 Å². The molecule has 3 heteroatoms. The second-order valence-electron chi connectivity index (χ2n) is 5.10. The Morgan fingerprint density at radius 2 is 1.85 bits per heavy atom. The summed E-state index contributed by atoms with van der Waals surface area (Å²) in [6.45, 7) is 0.855. The fraction of sp³-hybridized carbons (Fsp3) is 0.235. The van der Waals surface area contributed by atoms with E-state index in [4.69, 9.17) is 11.6 Å². The van der Waals surface area contributed by atoms with Gasteiger partial charge in [0.1, 0.15) is 0 Å². The van der Waals surface area contributed by atoms with Crippen molar-refractivity contribution in [1.29, 1.82) is 0 Å². The molecule has 0 aromatic heterocycles. The summed E-state index contributed by atoms with van der Waals surface area (Å²) < 4.78 is 0. The molecule has 0 saturated carbocycles. The van der Waals surface area contributed by atoms with E-state index in [1.165, 1.54) is 5.56 Å². The second kappa shape index (κ2) is 5.78. The van der Waals surface area contributed by atoms with Crippen LogP contribution in [-0.4, -0.2) is 12.3 Å². The zero-order valence-electron chi connectivity index (χ0n) is 11.1. The van der Waals surface area contributed by atoms with Crippen LogP contribution in [0, 0.1) is 0 Å². The molecule has 0 fully saturated rings. The molecule has 1 atom stereocenters. The molecular weight excluding hydrogens is 270 g/mol. The van der Waals surface area contributed by atoms with Crippen LogP contribution in [0.2, 0.25) is 5.02 Å². The van der Waals surface area contributed by atoms with E-state index in [-0.39, 0.29) is 11.8 Å². The van der Waals surface area contributed by atoms with Gasteiger partial charge in [0.05, 0.1) is 0 Å². The fourth-order valence-electron chi connectivity index (χ4n) is 2.68. The standard InChI is InChI=1S/C17H16ClNO/c18-13-7-5-12(6-8-13)9-10-19-16-11-17(20)15-4-2-1-3-14(15)16/h1-8,16,19H,9-11H2. The summed E-state index contributed by atoms with van der Waals surface area (Å²) in [4.78, 5) is 11.9. The molecule has 0 spiro atoms. The Bertz CT molecular complexity index is 621. The van der Waals surface area contributed by atoms with Crippen LogP contribution in [0.3, 0.4) is 0 Å². The Balaban J connectivity index is 1.60. The molecule has 0 heterocycles. The van der Waals surface area contributed by atoms with Gasteiger partial charge in [-0.15, -0.1) is 0 Å². The molecule has 2 aromatic rings. The first-order valence-corrected chi connectivity index (χ1v) is 7.22. The molecular formula is C17H16ClNO. The third-order valence-electron chi connectivity index (χ3n) is 3.74. The molecule has 0 saturated heterocycles. The summed E-state index contributed by atoms with van der Waals surface area (Å²) >= 11 is 5.87. The highest BCUT2D eigenvalue weighted by Gasteiger charge is 2.27. The van der Waals surface area contributed by atoms with E-state index in [0.717, 1.165) is 29.1 Å². The van der Waals surface area contributed by atoms with Crippen molar-refractivity contribution in [3.63, 3.8) is 0 Å². The molecule has 3 rings (SSSR count).